The van der Waals surface area contributed by atoms with Gasteiger partial charge < -0.3 is 4.90 Å². The van der Waals surface area contributed by atoms with Crippen molar-refractivity contribution >= 4 is 38.6 Å². The van der Waals surface area contributed by atoms with Crippen LogP contribution < -0.4 is 9.62 Å². The molecule has 1 aromatic carbocycles. The minimum Gasteiger partial charge on any atom is -0.326 e. The molecule has 1 aliphatic heterocycles. The maximum Gasteiger partial charge on any atom is 0.271 e. The van der Waals surface area contributed by atoms with E-state index in [9.17, 15) is 8.42 Å². The largest absolute Gasteiger partial charge is 0.326 e. The molecule has 1 N–H and O–H groups in total. The summed E-state index contributed by atoms with van der Waals surface area (Å²) in [5.41, 5.74) is 2.95. The third kappa shape index (κ3) is 3.25. The first-order valence-corrected chi connectivity index (χ1v) is 10.4. The van der Waals surface area contributed by atoms with Crippen LogP contribution in [-0.2, 0) is 16.4 Å². The van der Waals surface area contributed by atoms with Gasteiger partial charge in [0.15, 0.2) is 0 Å². The molecule has 0 saturated heterocycles. The summed E-state index contributed by atoms with van der Waals surface area (Å²) in [6.07, 6.45) is 3.72. The third-order valence-corrected chi connectivity index (χ3v) is 6.93. The Bertz CT molecular complexity index is 968. The lowest BCUT2D eigenvalue weighted by Crippen LogP contribution is -2.25. The van der Waals surface area contributed by atoms with Gasteiger partial charge in [-0.1, -0.05) is 24.3 Å². The molecule has 0 amide bonds. The van der Waals surface area contributed by atoms with E-state index in [1.807, 2.05) is 12.1 Å². The number of sulfonamides is 1. The van der Waals surface area contributed by atoms with Crippen molar-refractivity contribution < 1.29 is 8.42 Å². The van der Waals surface area contributed by atoms with Gasteiger partial charge >= 0.3 is 0 Å². The number of benzene rings is 1. The molecule has 0 spiro atoms. The molecule has 7 heteroatoms. The van der Waals surface area contributed by atoms with Gasteiger partial charge in [-0.05, 0) is 48.1 Å². The standard InChI is InChI=1S/C18H17N3O2S2/c22-25(23,18-8-4-12-24-18)20-15-9-10-17(19-13-15)21-11-3-6-14-5-1-2-7-16(14)21/h1-2,4-5,7-10,12-13,20H,3,6,11H2. The topological polar surface area (TPSA) is 62.3 Å². The number of aromatic nitrogens is 1. The summed E-state index contributed by atoms with van der Waals surface area (Å²) in [5.74, 6) is 0.825. The Kier molecular flexibility index (Phi) is 4.19. The molecule has 3 aromatic rings. The number of fused-ring (bicyclic) bond motifs is 1. The maximum atomic E-state index is 12.3. The molecule has 0 unspecified atom stereocenters. The van der Waals surface area contributed by atoms with Crippen LogP contribution in [0.25, 0.3) is 0 Å². The van der Waals surface area contributed by atoms with Crippen LogP contribution in [0.1, 0.15) is 12.0 Å². The number of rotatable bonds is 4. The van der Waals surface area contributed by atoms with Crippen LogP contribution in [-0.4, -0.2) is 19.9 Å². The number of nitrogens with one attached hydrogen (secondary N) is 1. The van der Waals surface area contributed by atoms with Crippen LogP contribution >= 0.6 is 11.3 Å². The summed E-state index contributed by atoms with van der Waals surface area (Å²) in [5, 5.41) is 1.74. The zero-order chi connectivity index (χ0) is 17.3. The van der Waals surface area contributed by atoms with Crippen LogP contribution in [0.4, 0.5) is 17.2 Å². The molecule has 25 heavy (non-hydrogen) atoms. The molecule has 0 bridgehead atoms. The van der Waals surface area contributed by atoms with E-state index in [1.165, 1.54) is 22.6 Å². The van der Waals surface area contributed by atoms with E-state index >= 15 is 0 Å². The van der Waals surface area contributed by atoms with Gasteiger partial charge in [0, 0.05) is 12.2 Å². The molecule has 0 aliphatic carbocycles. The van der Waals surface area contributed by atoms with Gasteiger partial charge in [0.05, 0.1) is 11.9 Å². The van der Waals surface area contributed by atoms with Gasteiger partial charge in [0.25, 0.3) is 10.0 Å². The van der Waals surface area contributed by atoms with Gasteiger partial charge in [-0.15, -0.1) is 11.3 Å². The molecule has 128 valence electrons. The molecular formula is C18H17N3O2S2. The van der Waals surface area contributed by atoms with E-state index in [1.54, 1.807) is 29.8 Å². The molecule has 0 saturated carbocycles. The monoisotopic (exact) mass is 371 g/mol. The number of anilines is 3. The number of thiophene rings is 1. The van der Waals surface area contributed by atoms with Crippen LogP contribution in [0, 0.1) is 0 Å². The first-order valence-electron chi connectivity index (χ1n) is 8.01. The Labute approximate surface area is 151 Å². The van der Waals surface area contributed by atoms with E-state index in [0.29, 0.717) is 9.90 Å². The molecule has 1 aliphatic rings. The summed E-state index contributed by atoms with van der Waals surface area (Å²) in [6.45, 7) is 0.907. The Balaban J connectivity index is 1.57. The molecule has 2 aromatic heterocycles. The Morgan fingerprint density at radius 1 is 1.08 bits per heavy atom. The summed E-state index contributed by atoms with van der Waals surface area (Å²) in [4.78, 5) is 6.65. The van der Waals surface area contributed by atoms with Crippen molar-refractivity contribution in [3.05, 3.63) is 65.7 Å². The third-order valence-electron chi connectivity index (χ3n) is 4.15. The van der Waals surface area contributed by atoms with Gasteiger partial charge in [0.2, 0.25) is 0 Å². The first-order chi connectivity index (χ1) is 12.1. The van der Waals surface area contributed by atoms with Crippen LogP contribution in [0.15, 0.2) is 64.3 Å². The zero-order valence-corrected chi connectivity index (χ0v) is 15.1. The van der Waals surface area contributed by atoms with Crippen LogP contribution in [0.3, 0.4) is 0 Å². The molecule has 4 rings (SSSR count). The van der Waals surface area contributed by atoms with E-state index in [2.05, 4.69) is 32.8 Å². The number of para-hydroxylation sites is 1. The second-order valence-corrected chi connectivity index (χ2v) is 8.68. The fraction of sp³-hybridized carbons (Fsp3) is 0.167. The highest BCUT2D eigenvalue weighted by molar-refractivity contribution is 7.94. The van der Waals surface area contributed by atoms with E-state index in [-0.39, 0.29) is 0 Å². The van der Waals surface area contributed by atoms with Crippen LogP contribution in [0.5, 0.6) is 0 Å². The summed E-state index contributed by atoms with van der Waals surface area (Å²) in [7, 11) is -3.54. The number of aryl methyl sites for hydroxylation is 1. The van der Waals surface area contributed by atoms with E-state index in [4.69, 9.17) is 0 Å². The lowest BCUT2D eigenvalue weighted by molar-refractivity contribution is 0.603. The first kappa shape index (κ1) is 16.1. The maximum absolute atomic E-state index is 12.3. The Hall–Kier alpha value is -2.38. The van der Waals surface area contributed by atoms with Gasteiger partial charge in [-0.3, -0.25) is 4.72 Å². The fourth-order valence-electron chi connectivity index (χ4n) is 3.00. The lowest BCUT2D eigenvalue weighted by Gasteiger charge is -2.30. The minimum absolute atomic E-state index is 0.293. The molecule has 0 atom stereocenters. The molecule has 0 radical (unpaired) electrons. The predicted molar refractivity (Wildman–Crippen MR) is 101 cm³/mol. The lowest BCUT2D eigenvalue weighted by atomic mass is 10.0. The summed E-state index contributed by atoms with van der Waals surface area (Å²) >= 11 is 1.19. The van der Waals surface area contributed by atoms with Crippen molar-refractivity contribution in [3.8, 4) is 0 Å². The number of hydrogen-bond acceptors (Lipinski definition) is 5. The molecular weight excluding hydrogens is 354 g/mol. The quantitative estimate of drug-likeness (QED) is 0.752. The molecule has 5 nitrogen and oxygen atoms in total. The van der Waals surface area contributed by atoms with Crippen molar-refractivity contribution in [1.29, 1.82) is 0 Å². The SMILES string of the molecule is O=S(=O)(Nc1ccc(N2CCCc3ccccc32)nc1)c1cccs1. The van der Waals surface area contributed by atoms with Gasteiger partial charge in [0.1, 0.15) is 10.0 Å². The van der Waals surface area contributed by atoms with E-state index < -0.39 is 10.0 Å². The normalized spacial score (nSPS) is 14.2. The second kappa shape index (κ2) is 6.50. The molecule has 3 heterocycles. The highest BCUT2D eigenvalue weighted by atomic mass is 32.2. The number of hydrogen-bond donors (Lipinski definition) is 1. The van der Waals surface area contributed by atoms with Gasteiger partial charge in [-0.2, -0.15) is 0 Å². The zero-order valence-electron chi connectivity index (χ0n) is 13.4. The average molecular weight is 371 g/mol. The number of nitrogens with zero attached hydrogens (tertiary/aromatic N) is 2. The highest BCUT2D eigenvalue weighted by Gasteiger charge is 2.19. The van der Waals surface area contributed by atoms with Gasteiger partial charge in [-0.25, -0.2) is 13.4 Å². The second-order valence-electron chi connectivity index (χ2n) is 5.83. The average Bonchev–Trinajstić information content (AvgIpc) is 3.17. The predicted octanol–water partition coefficient (Wildman–Crippen LogP) is 4.03. The summed E-state index contributed by atoms with van der Waals surface area (Å²) in [6, 6.07) is 15.2. The highest BCUT2D eigenvalue weighted by Crippen LogP contribution is 2.32. The van der Waals surface area contributed by atoms with Crippen molar-refractivity contribution in [2.24, 2.45) is 0 Å². The van der Waals surface area contributed by atoms with E-state index in [0.717, 1.165) is 25.2 Å². The van der Waals surface area contributed by atoms with Crippen molar-refractivity contribution in [3.63, 3.8) is 0 Å². The number of pyridine rings is 1. The van der Waals surface area contributed by atoms with Crippen molar-refractivity contribution in [2.75, 3.05) is 16.2 Å². The molecule has 0 fully saturated rings. The summed E-state index contributed by atoms with van der Waals surface area (Å²) < 4.78 is 27.4. The Morgan fingerprint density at radius 2 is 1.96 bits per heavy atom. The van der Waals surface area contributed by atoms with Crippen molar-refractivity contribution in [1.82, 2.24) is 4.98 Å². The minimum atomic E-state index is -3.54. The van der Waals surface area contributed by atoms with Crippen LogP contribution in [0.2, 0.25) is 0 Å². The fourth-order valence-corrected chi connectivity index (χ4v) is 5.04. The Morgan fingerprint density at radius 3 is 2.72 bits per heavy atom. The van der Waals surface area contributed by atoms with Crippen molar-refractivity contribution in [2.45, 2.75) is 17.1 Å². The smallest absolute Gasteiger partial charge is 0.271 e.